The summed E-state index contributed by atoms with van der Waals surface area (Å²) in [7, 11) is 1.75. The van der Waals surface area contributed by atoms with E-state index in [1.807, 2.05) is 0 Å². The number of nitrogens with zero attached hydrogens (tertiary/aromatic N) is 6. The molecule has 10 heteroatoms. The number of fused-ring (bicyclic) bond motifs is 2. The summed E-state index contributed by atoms with van der Waals surface area (Å²) in [6, 6.07) is 4.39. The lowest BCUT2D eigenvalue weighted by atomic mass is 10.0. The van der Waals surface area contributed by atoms with Crippen molar-refractivity contribution in [2.45, 2.75) is 13.0 Å². The Morgan fingerprint density at radius 2 is 2.00 bits per heavy atom. The summed E-state index contributed by atoms with van der Waals surface area (Å²) >= 11 is 0. The van der Waals surface area contributed by atoms with Crippen molar-refractivity contribution in [1.29, 1.82) is 0 Å². The molecule has 0 aliphatic rings. The van der Waals surface area contributed by atoms with Crippen LogP contribution in [0, 0.1) is 11.8 Å². The van der Waals surface area contributed by atoms with Crippen molar-refractivity contribution in [3.05, 3.63) is 118 Å². The van der Waals surface area contributed by atoms with E-state index >= 15 is 0 Å². The standard InChI is InChI=1S/C30H24N8O2/c1-19(34-29(39)26-27(31)35-37-15-7-14-32-28(26)37)24-16-22-9-6-8-21(13-12-20-17-33-36(2)18-20)25(22)30(40)38(24)23-10-4-3-5-11-23/h3-11,14-19H,1-2H3,(H2,31,35)(H,34,39)/t19-/m1/s1/i3D,4D,5D,10D,11D. The maximum Gasteiger partial charge on any atom is 0.264 e. The summed E-state index contributed by atoms with van der Waals surface area (Å²) in [5, 5.41) is 11.7. The van der Waals surface area contributed by atoms with E-state index in [1.165, 1.54) is 10.7 Å². The van der Waals surface area contributed by atoms with E-state index in [2.05, 4.69) is 32.3 Å². The molecule has 196 valence electrons. The van der Waals surface area contributed by atoms with Crippen molar-refractivity contribution in [3.63, 3.8) is 0 Å². The molecule has 4 aromatic heterocycles. The van der Waals surface area contributed by atoms with Gasteiger partial charge in [0, 0.05) is 42.6 Å². The second-order valence-corrected chi connectivity index (χ2v) is 8.95. The van der Waals surface area contributed by atoms with Gasteiger partial charge in [-0.1, -0.05) is 42.1 Å². The number of para-hydroxylation sites is 1. The van der Waals surface area contributed by atoms with Crippen LogP contribution >= 0.6 is 0 Å². The largest absolute Gasteiger partial charge is 0.381 e. The fraction of sp³-hybridized carbons (Fsp3) is 0.100. The Labute approximate surface area is 235 Å². The summed E-state index contributed by atoms with van der Waals surface area (Å²) < 4.78 is 45.9. The average Bonchev–Trinajstić information content (AvgIpc) is 3.60. The molecule has 3 N–H and O–H groups in total. The quantitative estimate of drug-likeness (QED) is 0.335. The fourth-order valence-corrected chi connectivity index (χ4v) is 4.48. The predicted octanol–water partition coefficient (Wildman–Crippen LogP) is 3.24. The molecule has 0 aliphatic heterocycles. The summed E-state index contributed by atoms with van der Waals surface area (Å²) in [6.07, 6.45) is 6.38. The van der Waals surface area contributed by atoms with Crippen molar-refractivity contribution in [2.24, 2.45) is 7.05 Å². The highest BCUT2D eigenvalue weighted by molar-refractivity contribution is 6.04. The molecule has 0 aliphatic carbocycles. The van der Waals surface area contributed by atoms with Crippen LogP contribution in [0.4, 0.5) is 5.82 Å². The first-order chi connectivity index (χ1) is 21.5. The highest BCUT2D eigenvalue weighted by Crippen LogP contribution is 2.24. The topological polar surface area (TPSA) is 125 Å². The molecule has 0 saturated heterocycles. The molecule has 2 aromatic carbocycles. The number of carbonyl (C=O) groups is 1. The Balaban J connectivity index is 1.58. The van der Waals surface area contributed by atoms with Crippen LogP contribution in [0.25, 0.3) is 22.1 Å². The SMILES string of the molecule is [2H]c1c([2H])c([2H])c(-n2c([C@@H](C)NC(=O)c3c(N)nn4cccnc34)cc3cccc(C#Cc4cnn(C)c4)c3c2=O)c([2H])c1[2H]. The first-order valence-corrected chi connectivity index (χ1v) is 12.1. The van der Waals surface area contributed by atoms with E-state index in [-0.39, 0.29) is 33.8 Å². The van der Waals surface area contributed by atoms with Gasteiger partial charge in [0.15, 0.2) is 11.5 Å². The lowest BCUT2D eigenvalue weighted by molar-refractivity contribution is 0.0941. The zero-order valence-corrected chi connectivity index (χ0v) is 21.4. The number of nitrogens with one attached hydrogen (secondary N) is 1. The van der Waals surface area contributed by atoms with Gasteiger partial charge in [-0.25, -0.2) is 9.50 Å². The third kappa shape index (κ3) is 4.35. The first kappa shape index (κ1) is 19.4. The second kappa shape index (κ2) is 9.89. The van der Waals surface area contributed by atoms with E-state index in [0.29, 0.717) is 16.5 Å². The molecule has 1 amide bonds. The number of rotatable bonds is 4. The Morgan fingerprint density at radius 1 is 1.18 bits per heavy atom. The van der Waals surface area contributed by atoms with Crippen LogP contribution in [-0.2, 0) is 7.05 Å². The van der Waals surface area contributed by atoms with Gasteiger partial charge in [-0.3, -0.25) is 18.8 Å². The third-order valence-electron chi connectivity index (χ3n) is 6.27. The van der Waals surface area contributed by atoms with E-state index in [1.54, 1.807) is 67.6 Å². The van der Waals surface area contributed by atoms with E-state index < -0.39 is 47.7 Å². The number of amides is 1. The molecule has 40 heavy (non-hydrogen) atoms. The van der Waals surface area contributed by atoms with Gasteiger partial charge in [-0.15, -0.1) is 5.10 Å². The average molecular weight is 534 g/mol. The second-order valence-electron chi connectivity index (χ2n) is 8.95. The molecule has 1 atom stereocenters. The summed E-state index contributed by atoms with van der Waals surface area (Å²) in [5.41, 5.74) is 6.37. The highest BCUT2D eigenvalue weighted by atomic mass is 16.2. The number of aromatic nitrogens is 6. The Kier molecular flexibility index (Phi) is 4.79. The lowest BCUT2D eigenvalue weighted by Crippen LogP contribution is -2.32. The molecule has 0 radical (unpaired) electrons. The van der Waals surface area contributed by atoms with Crippen LogP contribution in [0.5, 0.6) is 0 Å². The third-order valence-corrected chi connectivity index (χ3v) is 6.27. The van der Waals surface area contributed by atoms with Crippen LogP contribution in [-0.4, -0.2) is 34.9 Å². The lowest BCUT2D eigenvalue weighted by Gasteiger charge is -2.21. The summed E-state index contributed by atoms with van der Waals surface area (Å²) in [5.74, 6) is 5.30. The van der Waals surface area contributed by atoms with Crippen LogP contribution in [0.3, 0.4) is 0 Å². The minimum absolute atomic E-state index is 0.0212. The van der Waals surface area contributed by atoms with Crippen LogP contribution in [0.15, 0.2) is 90.1 Å². The van der Waals surface area contributed by atoms with Crippen LogP contribution in [0.1, 0.15) is 47.0 Å². The number of pyridine rings is 1. The van der Waals surface area contributed by atoms with Crippen molar-refractivity contribution in [3.8, 4) is 17.5 Å². The number of anilines is 1. The highest BCUT2D eigenvalue weighted by Gasteiger charge is 2.23. The number of carbonyl (C=O) groups excluding carboxylic acids is 1. The molecule has 0 saturated carbocycles. The summed E-state index contributed by atoms with van der Waals surface area (Å²) in [4.78, 5) is 32.2. The molecule has 0 unspecified atom stereocenters. The van der Waals surface area contributed by atoms with Gasteiger partial charge in [0.2, 0.25) is 0 Å². The fourth-order valence-electron chi connectivity index (χ4n) is 4.48. The molecular formula is C30H24N8O2. The van der Waals surface area contributed by atoms with Gasteiger partial charge in [-0.05, 0) is 42.6 Å². The first-order valence-electron chi connectivity index (χ1n) is 14.6. The summed E-state index contributed by atoms with van der Waals surface area (Å²) in [6.45, 7) is 1.60. The molecule has 10 nitrogen and oxygen atoms in total. The normalized spacial score (nSPS) is 13.5. The Bertz CT molecular complexity index is 2290. The van der Waals surface area contributed by atoms with Crippen molar-refractivity contribution in [2.75, 3.05) is 5.73 Å². The minimum Gasteiger partial charge on any atom is -0.381 e. The van der Waals surface area contributed by atoms with Gasteiger partial charge in [-0.2, -0.15) is 5.10 Å². The van der Waals surface area contributed by atoms with Crippen LogP contribution in [0.2, 0.25) is 0 Å². The number of hydrogen-bond acceptors (Lipinski definition) is 6. The molecule has 6 rings (SSSR count). The number of nitrogens with two attached hydrogens (primary N) is 1. The van der Waals surface area contributed by atoms with E-state index in [0.717, 1.165) is 4.57 Å². The van der Waals surface area contributed by atoms with Crippen molar-refractivity contribution < 1.29 is 11.6 Å². The van der Waals surface area contributed by atoms with Crippen molar-refractivity contribution in [1.82, 2.24) is 34.3 Å². The van der Waals surface area contributed by atoms with E-state index in [4.69, 9.17) is 12.6 Å². The number of aryl methyl sites for hydroxylation is 1. The smallest absolute Gasteiger partial charge is 0.264 e. The molecule has 6 aromatic rings. The molecule has 4 heterocycles. The Morgan fingerprint density at radius 3 is 2.77 bits per heavy atom. The van der Waals surface area contributed by atoms with E-state index in [9.17, 15) is 9.59 Å². The molecule has 0 spiro atoms. The number of hydrogen-bond donors (Lipinski definition) is 2. The van der Waals surface area contributed by atoms with Gasteiger partial charge >= 0.3 is 0 Å². The van der Waals surface area contributed by atoms with Crippen molar-refractivity contribution >= 4 is 28.1 Å². The monoisotopic (exact) mass is 533 g/mol. The van der Waals surface area contributed by atoms with Gasteiger partial charge in [0.05, 0.1) is 30.0 Å². The maximum absolute atomic E-state index is 14.4. The minimum atomic E-state index is -0.935. The van der Waals surface area contributed by atoms with Gasteiger partial charge < -0.3 is 11.1 Å². The maximum atomic E-state index is 14.4. The Hall–Kier alpha value is -5.69. The predicted molar refractivity (Wildman–Crippen MR) is 152 cm³/mol. The zero-order chi connectivity index (χ0) is 32.2. The molecular weight excluding hydrogens is 504 g/mol. The molecule has 0 bridgehead atoms. The van der Waals surface area contributed by atoms with Crippen LogP contribution < -0.4 is 16.6 Å². The zero-order valence-electron chi connectivity index (χ0n) is 26.4. The van der Waals surface area contributed by atoms with Gasteiger partial charge in [0.1, 0.15) is 5.56 Å². The number of nitrogen functional groups attached to an aromatic ring is 1. The number of benzene rings is 2. The molecule has 0 fully saturated rings. The van der Waals surface area contributed by atoms with Gasteiger partial charge in [0.25, 0.3) is 11.5 Å².